The summed E-state index contributed by atoms with van der Waals surface area (Å²) in [6, 6.07) is 14.3. The molecule has 1 aliphatic rings. The molecule has 0 spiro atoms. The molecule has 12 heteroatoms. The van der Waals surface area contributed by atoms with Crippen molar-refractivity contribution in [3.8, 4) is 11.5 Å². The molecule has 3 aromatic rings. The lowest BCUT2D eigenvalue weighted by molar-refractivity contribution is -0.145. The zero-order valence-corrected chi connectivity index (χ0v) is 25.3. The van der Waals surface area contributed by atoms with Crippen molar-refractivity contribution in [2.45, 2.75) is 46.8 Å². The summed E-state index contributed by atoms with van der Waals surface area (Å²) in [6.45, 7) is 10.4. The van der Waals surface area contributed by atoms with Gasteiger partial charge in [0.2, 0.25) is 17.7 Å². The van der Waals surface area contributed by atoms with E-state index in [0.29, 0.717) is 44.0 Å². The summed E-state index contributed by atoms with van der Waals surface area (Å²) >= 11 is 0. The number of fused-ring (bicyclic) bond motifs is 1. The molecule has 0 unspecified atom stereocenters. The number of hydrogen-bond donors (Lipinski definition) is 2. The number of likely N-dealkylation sites (N-methyl/N-ethyl adjacent to an activating group) is 1. The Morgan fingerprint density at radius 3 is 2.27 bits per heavy atom. The van der Waals surface area contributed by atoms with Crippen molar-refractivity contribution < 1.29 is 14.0 Å². The monoisotopic (exact) mass is 591 g/mol. The van der Waals surface area contributed by atoms with Crippen LogP contribution in [0.15, 0.2) is 46.9 Å². The van der Waals surface area contributed by atoms with Crippen LogP contribution < -0.4 is 15.5 Å². The van der Waals surface area contributed by atoms with E-state index in [0.717, 1.165) is 16.8 Å². The van der Waals surface area contributed by atoms with Gasteiger partial charge in [0.1, 0.15) is 0 Å². The molecule has 4 rings (SSSR count). The lowest BCUT2D eigenvalue weighted by Crippen LogP contribution is -2.48. The van der Waals surface area contributed by atoms with Gasteiger partial charge >= 0.3 is 0 Å². The van der Waals surface area contributed by atoms with Crippen LogP contribution >= 0.6 is 24.8 Å². The second-order valence-electron chi connectivity index (χ2n) is 9.95. The first-order chi connectivity index (χ1) is 18.2. The van der Waals surface area contributed by atoms with E-state index in [4.69, 9.17) is 4.42 Å². The normalized spacial score (nSPS) is 12.3. The fourth-order valence-corrected chi connectivity index (χ4v) is 4.47. The smallest absolute Gasteiger partial charge is 0.256 e. The van der Waals surface area contributed by atoms with Gasteiger partial charge in [0, 0.05) is 57.4 Å². The molecule has 0 bridgehead atoms. The van der Waals surface area contributed by atoms with Crippen molar-refractivity contribution in [1.29, 1.82) is 0 Å². The van der Waals surface area contributed by atoms with Crippen LogP contribution in [0.3, 0.4) is 0 Å². The molecule has 2 N–H and O–H groups in total. The van der Waals surface area contributed by atoms with Gasteiger partial charge in [-0.2, -0.15) is 0 Å². The molecule has 218 valence electrons. The van der Waals surface area contributed by atoms with Gasteiger partial charge in [-0.3, -0.25) is 14.6 Å². The molecule has 0 saturated heterocycles. The Kier molecular flexibility index (Phi) is 12.4. The van der Waals surface area contributed by atoms with E-state index >= 15 is 0 Å². The van der Waals surface area contributed by atoms with E-state index in [1.807, 2.05) is 47.2 Å². The first-order valence-corrected chi connectivity index (χ1v) is 13.0. The Labute approximate surface area is 248 Å². The van der Waals surface area contributed by atoms with Crippen LogP contribution in [-0.2, 0) is 22.7 Å². The number of nitrogens with zero attached hydrogens (tertiary/aromatic N) is 5. The minimum atomic E-state index is -0.155. The molecular weight excluding hydrogens is 553 g/mol. The summed E-state index contributed by atoms with van der Waals surface area (Å²) in [7, 11) is 1.79. The number of aromatic nitrogens is 2. The highest BCUT2D eigenvalue weighted by atomic mass is 35.5. The Balaban J connectivity index is 0.00000280. The molecule has 40 heavy (non-hydrogen) atoms. The maximum absolute atomic E-state index is 13.5. The maximum atomic E-state index is 13.5. The number of carbonyl (C=O) groups excluding carboxylic acids is 2. The molecule has 0 radical (unpaired) electrons. The summed E-state index contributed by atoms with van der Waals surface area (Å²) in [6.07, 6.45) is 0. The molecule has 2 amide bonds. The number of carbonyl (C=O) groups is 2. The van der Waals surface area contributed by atoms with E-state index < -0.39 is 0 Å². The molecule has 0 aliphatic carbocycles. The van der Waals surface area contributed by atoms with E-state index in [2.05, 4.69) is 46.8 Å². The van der Waals surface area contributed by atoms with Crippen molar-refractivity contribution in [3.05, 3.63) is 65.0 Å². The van der Waals surface area contributed by atoms with Crippen molar-refractivity contribution in [2.24, 2.45) is 0 Å². The average Bonchev–Trinajstić information content (AvgIpc) is 3.52. The van der Waals surface area contributed by atoms with Gasteiger partial charge < -0.3 is 20.0 Å². The number of anilines is 1. The first kappa shape index (κ1) is 33.0. The standard InChI is InChI=1S/C28H37N7O3.2ClH/c1-19(2)29-12-13-30-26(36)17-34(25-14-22(11-10-20(25)3)28-32-31-21(4)38-28)18-27(37)33(5)35-15-23-8-6-7-9-24(23)16-35;;/h6-11,14,19,29H,12-13,15-18H2,1-5H3,(H,30,36);2*1H. The molecule has 0 saturated carbocycles. The molecule has 2 heterocycles. The van der Waals surface area contributed by atoms with Crippen LogP contribution in [0.5, 0.6) is 0 Å². The number of benzene rings is 2. The van der Waals surface area contributed by atoms with Crippen LogP contribution in [0.25, 0.3) is 11.5 Å². The molecule has 2 aromatic carbocycles. The van der Waals surface area contributed by atoms with Crippen molar-refractivity contribution in [1.82, 2.24) is 30.8 Å². The molecular formula is C28H39Cl2N7O3. The zero-order chi connectivity index (χ0) is 27.2. The predicted molar refractivity (Wildman–Crippen MR) is 161 cm³/mol. The Hall–Kier alpha value is -3.18. The fourth-order valence-electron chi connectivity index (χ4n) is 4.47. The fraction of sp³-hybridized carbons (Fsp3) is 0.429. The van der Waals surface area contributed by atoms with Gasteiger partial charge in [-0.25, -0.2) is 5.01 Å². The van der Waals surface area contributed by atoms with Gasteiger partial charge in [0.15, 0.2) is 0 Å². The van der Waals surface area contributed by atoms with Crippen LogP contribution in [0.4, 0.5) is 5.69 Å². The van der Waals surface area contributed by atoms with E-state index in [1.54, 1.807) is 19.0 Å². The summed E-state index contributed by atoms with van der Waals surface area (Å²) in [4.78, 5) is 28.3. The highest BCUT2D eigenvalue weighted by molar-refractivity contribution is 5.87. The molecule has 1 aromatic heterocycles. The van der Waals surface area contributed by atoms with Crippen LogP contribution in [0.2, 0.25) is 0 Å². The van der Waals surface area contributed by atoms with Gasteiger partial charge in [0.25, 0.3) is 5.91 Å². The SMILES string of the molecule is Cc1nnc(-c2ccc(C)c(N(CC(=O)NCCNC(C)C)CC(=O)N(C)N3Cc4ccccc4C3)c2)o1.Cl.Cl. The number of hydrogen-bond acceptors (Lipinski definition) is 8. The summed E-state index contributed by atoms with van der Waals surface area (Å²) < 4.78 is 5.62. The lowest BCUT2D eigenvalue weighted by Gasteiger charge is -2.32. The summed E-state index contributed by atoms with van der Waals surface area (Å²) in [5.74, 6) is 0.603. The number of rotatable bonds is 11. The minimum absolute atomic E-state index is 0. The van der Waals surface area contributed by atoms with Crippen molar-refractivity contribution in [3.63, 3.8) is 0 Å². The highest BCUT2D eigenvalue weighted by Crippen LogP contribution is 2.28. The topological polar surface area (TPSA) is 107 Å². The number of nitrogens with one attached hydrogen (secondary N) is 2. The predicted octanol–water partition coefficient (Wildman–Crippen LogP) is 3.51. The van der Waals surface area contributed by atoms with Crippen molar-refractivity contribution in [2.75, 3.05) is 38.1 Å². The maximum Gasteiger partial charge on any atom is 0.256 e. The Bertz CT molecular complexity index is 1260. The Morgan fingerprint density at radius 2 is 1.68 bits per heavy atom. The van der Waals surface area contributed by atoms with Gasteiger partial charge in [-0.15, -0.1) is 35.0 Å². The van der Waals surface area contributed by atoms with E-state index in [1.165, 1.54) is 11.1 Å². The van der Waals surface area contributed by atoms with E-state index in [9.17, 15) is 9.59 Å². The third kappa shape index (κ3) is 8.41. The average molecular weight is 593 g/mol. The van der Waals surface area contributed by atoms with Gasteiger partial charge in [-0.1, -0.05) is 44.2 Å². The number of hydrazine groups is 1. The van der Waals surface area contributed by atoms with Crippen LogP contribution in [-0.4, -0.2) is 71.3 Å². The lowest BCUT2D eigenvalue weighted by atomic mass is 10.1. The molecule has 10 nitrogen and oxygen atoms in total. The third-order valence-corrected chi connectivity index (χ3v) is 6.59. The van der Waals surface area contributed by atoms with Crippen molar-refractivity contribution >= 4 is 42.3 Å². The number of aryl methyl sites for hydroxylation is 2. The first-order valence-electron chi connectivity index (χ1n) is 13.0. The summed E-state index contributed by atoms with van der Waals surface area (Å²) in [5.41, 5.74) is 4.87. The van der Waals surface area contributed by atoms with E-state index in [-0.39, 0.29) is 49.7 Å². The highest BCUT2D eigenvalue weighted by Gasteiger charge is 2.27. The molecule has 0 atom stereocenters. The number of halogens is 2. The second-order valence-corrected chi connectivity index (χ2v) is 9.95. The molecule has 0 fully saturated rings. The van der Waals surface area contributed by atoms with Crippen LogP contribution in [0.1, 0.15) is 36.4 Å². The zero-order valence-electron chi connectivity index (χ0n) is 23.6. The van der Waals surface area contributed by atoms with Gasteiger partial charge in [-0.05, 0) is 35.7 Å². The largest absolute Gasteiger partial charge is 0.421 e. The van der Waals surface area contributed by atoms with Crippen LogP contribution in [0, 0.1) is 13.8 Å². The minimum Gasteiger partial charge on any atom is -0.421 e. The second kappa shape index (κ2) is 15.0. The molecule has 1 aliphatic heterocycles. The quantitative estimate of drug-likeness (QED) is 0.326. The van der Waals surface area contributed by atoms with Gasteiger partial charge in [0.05, 0.1) is 13.1 Å². The number of amides is 2. The Morgan fingerprint density at radius 1 is 1.00 bits per heavy atom. The third-order valence-electron chi connectivity index (χ3n) is 6.59. The summed E-state index contributed by atoms with van der Waals surface area (Å²) in [5, 5.41) is 18.0.